The van der Waals surface area contributed by atoms with Crippen molar-refractivity contribution in [2.24, 2.45) is 11.5 Å². The number of hydrogen-bond acceptors (Lipinski definition) is 8. The predicted molar refractivity (Wildman–Crippen MR) is 143 cm³/mol. The van der Waals surface area contributed by atoms with Crippen molar-refractivity contribution >= 4 is 16.8 Å². The van der Waals surface area contributed by atoms with Crippen LogP contribution >= 0.6 is 0 Å². The highest BCUT2D eigenvalue weighted by Crippen LogP contribution is 2.44. The summed E-state index contributed by atoms with van der Waals surface area (Å²) < 4.78 is 27.1. The third-order valence-electron chi connectivity index (χ3n) is 7.58. The molecule has 10 nitrogen and oxygen atoms in total. The van der Waals surface area contributed by atoms with Gasteiger partial charge in [-0.1, -0.05) is 13.3 Å². The molecule has 0 fully saturated rings. The lowest BCUT2D eigenvalue weighted by molar-refractivity contribution is -0.126. The van der Waals surface area contributed by atoms with Crippen molar-refractivity contribution in [1.82, 2.24) is 14.9 Å². The number of aryl methyl sites for hydroxylation is 2. The van der Waals surface area contributed by atoms with Gasteiger partial charge in [-0.3, -0.25) is 15.3 Å². The van der Waals surface area contributed by atoms with Crippen LogP contribution in [0.15, 0.2) is 16.9 Å². The fourth-order valence-corrected chi connectivity index (χ4v) is 5.84. The van der Waals surface area contributed by atoms with Crippen LogP contribution in [-0.4, -0.2) is 46.7 Å². The second kappa shape index (κ2) is 11.1. The van der Waals surface area contributed by atoms with E-state index in [9.17, 15) is 19.1 Å². The maximum absolute atomic E-state index is 15.0. The number of pyridine rings is 2. The summed E-state index contributed by atoms with van der Waals surface area (Å²) in [5.41, 5.74) is 16.7. The quantitative estimate of drug-likeness (QED) is 0.175. The average molecular weight is 540 g/mol. The van der Waals surface area contributed by atoms with Crippen LogP contribution in [0.2, 0.25) is 0 Å². The Hall–Kier alpha value is -3.22. The zero-order valence-corrected chi connectivity index (χ0v) is 22.2. The number of nitrogens with one attached hydrogen (secondary N) is 1. The maximum atomic E-state index is 15.0. The minimum absolute atomic E-state index is 0.115. The van der Waals surface area contributed by atoms with Gasteiger partial charge in [0, 0.05) is 29.1 Å². The van der Waals surface area contributed by atoms with E-state index in [1.807, 2.05) is 13.0 Å². The monoisotopic (exact) mass is 539 g/mol. The van der Waals surface area contributed by atoms with E-state index in [0.29, 0.717) is 53.8 Å². The van der Waals surface area contributed by atoms with Crippen molar-refractivity contribution < 1.29 is 23.8 Å². The minimum Gasteiger partial charge on any atom is -0.370 e. The molecule has 3 heterocycles. The zero-order valence-electron chi connectivity index (χ0n) is 22.2. The number of hydrogen-bond donors (Lipinski definition) is 4. The van der Waals surface area contributed by atoms with Crippen LogP contribution in [0.25, 0.3) is 22.3 Å². The molecule has 0 spiro atoms. The number of aliphatic hydroxyl groups excluding tert-OH is 1. The molecule has 1 aliphatic heterocycles. The molecule has 2 atom stereocenters. The third kappa shape index (κ3) is 4.96. The molecule has 1 aliphatic carbocycles. The Morgan fingerprint density at radius 2 is 2.15 bits per heavy atom. The maximum Gasteiger partial charge on any atom is 0.257 e. The van der Waals surface area contributed by atoms with Crippen LogP contribution in [0.3, 0.4) is 0 Å². The number of ether oxygens (including phenoxy) is 2. The molecule has 1 aromatic carbocycles. The molecule has 2 aliphatic rings. The number of fused-ring (bicyclic) bond motifs is 4. The van der Waals surface area contributed by atoms with Crippen molar-refractivity contribution in [3.8, 4) is 11.4 Å². The highest BCUT2D eigenvalue weighted by molar-refractivity contribution is 5.93. The SMILES string of the molecule is CCCc1cc2n(c(=O)c1COC(N)O)Cc1c-2nc2cc(F)c(C)c3c2c1C(NC(=O)COCCN)CC3. The second-order valence-corrected chi connectivity index (χ2v) is 10.1. The number of carbonyl (C=O) groups excluding carboxylic acids is 1. The van der Waals surface area contributed by atoms with Crippen molar-refractivity contribution in [3.63, 3.8) is 0 Å². The Kier molecular flexibility index (Phi) is 7.79. The summed E-state index contributed by atoms with van der Waals surface area (Å²) >= 11 is 0. The van der Waals surface area contributed by atoms with Crippen molar-refractivity contribution in [3.05, 3.63) is 61.7 Å². The first-order chi connectivity index (χ1) is 18.7. The number of rotatable bonds is 10. The number of nitrogens with zero attached hydrogens (tertiary/aromatic N) is 2. The number of halogens is 1. The Morgan fingerprint density at radius 1 is 1.36 bits per heavy atom. The first-order valence-corrected chi connectivity index (χ1v) is 13.3. The average Bonchev–Trinajstić information content (AvgIpc) is 3.26. The van der Waals surface area contributed by atoms with Crippen LogP contribution in [-0.2, 0) is 40.3 Å². The van der Waals surface area contributed by atoms with E-state index >= 15 is 0 Å². The molecule has 2 aromatic heterocycles. The van der Waals surface area contributed by atoms with Crippen molar-refractivity contribution in [1.29, 1.82) is 0 Å². The summed E-state index contributed by atoms with van der Waals surface area (Å²) in [5.74, 6) is -0.601. The van der Waals surface area contributed by atoms with Crippen LogP contribution in [0, 0.1) is 12.7 Å². The minimum atomic E-state index is -1.50. The van der Waals surface area contributed by atoms with E-state index in [0.717, 1.165) is 34.1 Å². The van der Waals surface area contributed by atoms with Crippen molar-refractivity contribution in [2.75, 3.05) is 19.8 Å². The first-order valence-electron chi connectivity index (χ1n) is 13.3. The highest BCUT2D eigenvalue weighted by Gasteiger charge is 2.35. The molecule has 1 amide bonds. The van der Waals surface area contributed by atoms with Gasteiger partial charge in [0.1, 0.15) is 12.4 Å². The van der Waals surface area contributed by atoms with E-state index in [4.69, 9.17) is 25.9 Å². The van der Waals surface area contributed by atoms with Crippen LogP contribution in [0.4, 0.5) is 4.39 Å². The van der Waals surface area contributed by atoms with Gasteiger partial charge in [-0.2, -0.15) is 0 Å². The molecule has 3 aromatic rings. The van der Waals surface area contributed by atoms with E-state index in [1.54, 1.807) is 11.5 Å². The van der Waals surface area contributed by atoms with Crippen LogP contribution in [0.5, 0.6) is 0 Å². The smallest absolute Gasteiger partial charge is 0.257 e. The van der Waals surface area contributed by atoms with Gasteiger partial charge < -0.3 is 30.2 Å². The summed E-state index contributed by atoms with van der Waals surface area (Å²) in [4.78, 5) is 31.3. The first kappa shape index (κ1) is 27.4. The Bertz CT molecular complexity index is 1500. The van der Waals surface area contributed by atoms with E-state index < -0.39 is 6.41 Å². The molecule has 0 radical (unpaired) electrons. The van der Waals surface area contributed by atoms with Gasteiger partial charge in [-0.05, 0) is 54.5 Å². The van der Waals surface area contributed by atoms with Gasteiger partial charge >= 0.3 is 0 Å². The van der Waals surface area contributed by atoms with Gasteiger partial charge in [-0.25, -0.2) is 9.37 Å². The molecule has 0 saturated carbocycles. The van der Waals surface area contributed by atoms with Crippen molar-refractivity contribution in [2.45, 2.75) is 65.1 Å². The highest BCUT2D eigenvalue weighted by atomic mass is 19.1. The molecular weight excluding hydrogens is 505 g/mol. The summed E-state index contributed by atoms with van der Waals surface area (Å²) in [6.07, 6.45) is 1.07. The zero-order chi connectivity index (χ0) is 27.8. The van der Waals surface area contributed by atoms with E-state index in [2.05, 4.69) is 5.32 Å². The molecule has 39 heavy (non-hydrogen) atoms. The second-order valence-electron chi connectivity index (χ2n) is 10.1. The largest absolute Gasteiger partial charge is 0.370 e. The summed E-state index contributed by atoms with van der Waals surface area (Å²) in [5, 5.41) is 13.4. The number of carbonyl (C=O) groups is 1. The van der Waals surface area contributed by atoms with Gasteiger partial charge in [0.2, 0.25) is 12.3 Å². The standard InChI is InChI=1S/C28H34FN5O5/c1-3-4-15-9-22-26-17(11-34(22)27(36)18(15)12-39-28(31)37)25-20(32-23(35)13-38-8-7-30)6-5-16-14(2)19(29)10-21(33-26)24(16)25/h9-10,20,28,37H,3-8,11-13,30-31H2,1-2H3,(H,32,35). The molecule has 208 valence electrons. The molecule has 0 bridgehead atoms. The number of benzene rings is 1. The number of nitrogens with two attached hydrogens (primary N) is 2. The summed E-state index contributed by atoms with van der Waals surface area (Å²) in [7, 11) is 0. The Morgan fingerprint density at radius 3 is 2.87 bits per heavy atom. The number of amides is 1. The number of aliphatic hydroxyl groups is 1. The molecule has 11 heteroatoms. The van der Waals surface area contributed by atoms with Gasteiger partial charge in [0.05, 0.1) is 42.7 Å². The third-order valence-corrected chi connectivity index (χ3v) is 7.58. The van der Waals surface area contributed by atoms with E-state index in [1.165, 1.54) is 6.07 Å². The molecular formula is C28H34FN5O5. The van der Waals surface area contributed by atoms with Crippen LogP contribution < -0.4 is 22.3 Å². The Labute approximate surface area is 225 Å². The van der Waals surface area contributed by atoms with E-state index in [-0.39, 0.29) is 49.7 Å². The number of aromatic nitrogens is 2. The molecule has 5 rings (SSSR count). The fourth-order valence-electron chi connectivity index (χ4n) is 5.84. The summed E-state index contributed by atoms with van der Waals surface area (Å²) in [6.45, 7) is 4.37. The van der Waals surface area contributed by atoms with Gasteiger partial charge in [0.15, 0.2) is 0 Å². The lowest BCUT2D eigenvalue weighted by atomic mass is 9.81. The Balaban J connectivity index is 1.67. The van der Waals surface area contributed by atoms with Gasteiger partial charge in [0.25, 0.3) is 5.56 Å². The van der Waals surface area contributed by atoms with Gasteiger partial charge in [-0.15, -0.1) is 0 Å². The lowest BCUT2D eigenvalue weighted by Gasteiger charge is -2.29. The summed E-state index contributed by atoms with van der Waals surface area (Å²) in [6, 6.07) is 3.00. The molecule has 0 saturated heterocycles. The molecule has 2 unspecified atom stereocenters. The van der Waals surface area contributed by atoms with Crippen LogP contribution in [0.1, 0.15) is 59.2 Å². The molecule has 6 N–H and O–H groups in total. The topological polar surface area (TPSA) is 155 Å². The normalized spacial score (nSPS) is 16.3. The fraction of sp³-hybridized carbons (Fsp3) is 0.464. The lowest BCUT2D eigenvalue weighted by Crippen LogP contribution is -2.34. The predicted octanol–water partition coefficient (Wildman–Crippen LogP) is 1.66.